The van der Waals surface area contributed by atoms with Crippen molar-refractivity contribution in [3.05, 3.63) is 30.3 Å². The Labute approximate surface area is 99.4 Å². The predicted molar refractivity (Wildman–Crippen MR) is 48.9 cm³/mol. The molecule has 1 aromatic carbocycles. The van der Waals surface area contributed by atoms with E-state index in [9.17, 15) is 5.11 Å². The van der Waals surface area contributed by atoms with Crippen LogP contribution < -0.4 is 35.3 Å². The Hall–Kier alpha value is -0.770. The third-order valence-corrected chi connectivity index (χ3v) is 1.72. The van der Waals surface area contributed by atoms with Crippen LogP contribution in [0.15, 0.2) is 30.3 Å². The number of benzene rings is 1. The van der Waals surface area contributed by atoms with Crippen molar-refractivity contribution in [2.45, 2.75) is 0 Å². The van der Waals surface area contributed by atoms with Gasteiger partial charge in [0.1, 0.15) is 17.1 Å². The van der Waals surface area contributed by atoms with Crippen LogP contribution in [0.1, 0.15) is 1.43 Å². The van der Waals surface area contributed by atoms with Crippen LogP contribution in [0, 0.1) is 0 Å². The number of aromatic hydroxyl groups is 1. The first-order valence-corrected chi connectivity index (χ1v) is 3.61. The number of para-hydroxylation sites is 1. The van der Waals surface area contributed by atoms with Gasteiger partial charge in [0.25, 0.3) is 0 Å². The van der Waals surface area contributed by atoms with Gasteiger partial charge in [-0.15, -0.1) is 0 Å². The number of pyridine rings is 1. The molecule has 2 rings (SSSR count). The molecule has 0 radical (unpaired) electrons. The van der Waals surface area contributed by atoms with E-state index in [1.54, 1.807) is 18.2 Å². The number of phenolic OH excluding ortho intramolecular Hbond substituents is 1. The van der Waals surface area contributed by atoms with Crippen molar-refractivity contribution >= 4 is 16.7 Å². The van der Waals surface area contributed by atoms with Gasteiger partial charge in [-0.1, -0.05) is 12.1 Å². The second-order valence-corrected chi connectivity index (χ2v) is 2.58. The first-order valence-electron chi connectivity index (χ1n) is 3.61. The summed E-state index contributed by atoms with van der Waals surface area (Å²) in [4.78, 5) is 4.00. The summed E-state index contributed by atoms with van der Waals surface area (Å²) < 4.78 is 0. The van der Waals surface area contributed by atoms with Crippen LogP contribution in [-0.4, -0.2) is 10.1 Å². The number of hydrogen-bond donors (Lipinski definition) is 2. The number of nitrogen functional groups attached to an aromatic ring is 1. The van der Waals surface area contributed by atoms with Gasteiger partial charge in [-0.3, -0.25) is 0 Å². The van der Waals surface area contributed by atoms with E-state index in [-0.39, 0.29) is 36.7 Å². The number of fused-ring (bicyclic) bond motifs is 1. The molecule has 4 heteroatoms. The number of nitrogens with two attached hydrogens (primary N) is 1. The van der Waals surface area contributed by atoms with Crippen molar-refractivity contribution in [1.29, 1.82) is 0 Å². The number of anilines is 1. The molecule has 0 saturated carbocycles. The Morgan fingerprint density at radius 2 is 2.00 bits per heavy atom. The Morgan fingerprint density at radius 3 is 2.77 bits per heavy atom. The van der Waals surface area contributed by atoms with Crippen LogP contribution in [-0.2, 0) is 0 Å². The Bertz CT molecular complexity index is 436. The molecule has 3 N–H and O–H groups in total. The molecule has 0 aliphatic rings. The number of hydrogen-bond acceptors (Lipinski definition) is 3. The van der Waals surface area contributed by atoms with Gasteiger partial charge < -0.3 is 12.3 Å². The molecule has 0 fully saturated rings. The summed E-state index contributed by atoms with van der Waals surface area (Å²) >= 11 is 0. The standard InChI is InChI=1S/C9H8N2O.Na.H/c10-8-5-4-6-2-1-3-7(12)9(6)11-8;;/h1-5,12H,(H2,10,11);;/q;+1;-1. The van der Waals surface area contributed by atoms with Crippen molar-refractivity contribution in [1.82, 2.24) is 4.98 Å². The quantitative estimate of drug-likeness (QED) is 0.497. The van der Waals surface area contributed by atoms with Gasteiger partial charge in [0.2, 0.25) is 0 Å². The SMILES string of the molecule is Nc1ccc2cccc(O)c2n1.[H-].[Na+]. The van der Waals surface area contributed by atoms with Gasteiger partial charge in [-0.05, 0) is 18.2 Å². The van der Waals surface area contributed by atoms with Gasteiger partial charge in [0.15, 0.2) is 0 Å². The number of nitrogens with zero attached hydrogens (tertiary/aromatic N) is 1. The molecule has 1 heterocycles. The molecule has 2 aromatic rings. The van der Waals surface area contributed by atoms with E-state index >= 15 is 0 Å². The molecule has 0 bridgehead atoms. The predicted octanol–water partition coefficient (Wildman–Crippen LogP) is -1.36. The van der Waals surface area contributed by atoms with Crippen LogP contribution in [0.2, 0.25) is 0 Å². The third kappa shape index (κ3) is 1.94. The smallest absolute Gasteiger partial charge is 1.00 e. The number of rotatable bonds is 0. The van der Waals surface area contributed by atoms with Gasteiger partial charge in [-0.2, -0.15) is 0 Å². The zero-order valence-corrected chi connectivity index (χ0v) is 9.36. The summed E-state index contributed by atoms with van der Waals surface area (Å²) in [6.07, 6.45) is 0. The second-order valence-electron chi connectivity index (χ2n) is 2.58. The van der Waals surface area contributed by atoms with Crippen LogP contribution in [0.5, 0.6) is 5.75 Å². The molecule has 13 heavy (non-hydrogen) atoms. The fraction of sp³-hybridized carbons (Fsp3) is 0. The summed E-state index contributed by atoms with van der Waals surface area (Å²) in [6.45, 7) is 0. The van der Waals surface area contributed by atoms with Gasteiger partial charge in [0.05, 0.1) is 0 Å². The van der Waals surface area contributed by atoms with E-state index in [2.05, 4.69) is 4.98 Å². The Morgan fingerprint density at radius 1 is 1.23 bits per heavy atom. The molecule has 0 aliphatic heterocycles. The zero-order chi connectivity index (χ0) is 8.55. The maximum absolute atomic E-state index is 9.38. The Balaban J connectivity index is 0.000000845. The van der Waals surface area contributed by atoms with E-state index in [1.807, 2.05) is 12.1 Å². The van der Waals surface area contributed by atoms with Crippen LogP contribution in [0.3, 0.4) is 0 Å². The van der Waals surface area contributed by atoms with Crippen LogP contribution in [0.4, 0.5) is 5.82 Å². The van der Waals surface area contributed by atoms with E-state index in [1.165, 1.54) is 0 Å². The van der Waals surface area contributed by atoms with E-state index < -0.39 is 0 Å². The minimum absolute atomic E-state index is 0. The average molecular weight is 184 g/mol. The van der Waals surface area contributed by atoms with Gasteiger partial charge in [0, 0.05) is 5.39 Å². The minimum atomic E-state index is 0. The monoisotopic (exact) mass is 184 g/mol. The van der Waals surface area contributed by atoms with Crippen molar-refractivity contribution in [3.63, 3.8) is 0 Å². The number of phenols is 1. The second kappa shape index (κ2) is 3.96. The van der Waals surface area contributed by atoms with Crippen molar-refractivity contribution in [3.8, 4) is 5.75 Å². The molecular weight excluding hydrogens is 175 g/mol. The Kier molecular flexibility index (Phi) is 3.14. The molecule has 0 atom stereocenters. The topological polar surface area (TPSA) is 59.1 Å². The van der Waals surface area contributed by atoms with E-state index in [4.69, 9.17) is 5.73 Å². The molecule has 0 aliphatic carbocycles. The molecular formula is C9H9N2NaO. The summed E-state index contributed by atoms with van der Waals surface area (Å²) in [5.41, 5.74) is 6.02. The van der Waals surface area contributed by atoms with Crippen molar-refractivity contribution in [2.75, 3.05) is 5.73 Å². The average Bonchev–Trinajstić information content (AvgIpc) is 2.07. The van der Waals surface area contributed by atoms with Gasteiger partial charge in [-0.25, -0.2) is 4.98 Å². The normalized spacial score (nSPS) is 9.54. The molecule has 0 amide bonds. The van der Waals surface area contributed by atoms with Crippen LogP contribution in [0.25, 0.3) is 10.9 Å². The van der Waals surface area contributed by atoms with Crippen molar-refractivity contribution in [2.24, 2.45) is 0 Å². The maximum atomic E-state index is 9.38. The van der Waals surface area contributed by atoms with E-state index in [0.29, 0.717) is 11.3 Å². The molecule has 62 valence electrons. The summed E-state index contributed by atoms with van der Waals surface area (Å²) in [7, 11) is 0. The van der Waals surface area contributed by atoms with E-state index in [0.717, 1.165) is 5.39 Å². The summed E-state index contributed by atoms with van der Waals surface area (Å²) in [5.74, 6) is 0.587. The largest absolute Gasteiger partial charge is 1.00 e. The first kappa shape index (κ1) is 10.3. The van der Waals surface area contributed by atoms with Gasteiger partial charge >= 0.3 is 29.6 Å². The molecule has 3 nitrogen and oxygen atoms in total. The van der Waals surface area contributed by atoms with Crippen molar-refractivity contribution < 1.29 is 36.1 Å². The third-order valence-electron chi connectivity index (χ3n) is 1.72. The van der Waals surface area contributed by atoms with Crippen LogP contribution >= 0.6 is 0 Å². The maximum Gasteiger partial charge on any atom is 1.00 e. The molecule has 0 spiro atoms. The molecule has 0 unspecified atom stereocenters. The zero-order valence-electron chi connectivity index (χ0n) is 8.36. The fourth-order valence-corrected chi connectivity index (χ4v) is 1.15. The first-order chi connectivity index (χ1) is 5.77. The summed E-state index contributed by atoms with van der Waals surface area (Å²) in [5, 5.41) is 10.3. The minimum Gasteiger partial charge on any atom is -1.00 e. The fourth-order valence-electron chi connectivity index (χ4n) is 1.15. The molecule has 0 saturated heterocycles. The number of aromatic nitrogens is 1. The summed E-state index contributed by atoms with van der Waals surface area (Å²) in [6, 6.07) is 8.78. The molecule has 1 aromatic heterocycles.